The maximum absolute atomic E-state index is 5.68. The fraction of sp³-hybridized carbons (Fsp3) is 0.111. The molecule has 0 unspecified atom stereocenters. The van der Waals surface area contributed by atoms with Gasteiger partial charge in [-0.3, -0.25) is 4.68 Å². The second-order valence-electron chi connectivity index (χ2n) is 3.51. The highest BCUT2D eigenvalue weighted by atomic mass is 79.9. The van der Waals surface area contributed by atoms with Crippen molar-refractivity contribution in [3.63, 3.8) is 0 Å². The SMILES string of the molecule is Cn1ccc(-c2nc(N)nc3c(Br)cnn23)n1. The Bertz CT molecular complexity index is 699. The molecule has 0 aliphatic rings. The largest absolute Gasteiger partial charge is 0.368 e. The number of hydrogen-bond donors (Lipinski definition) is 1. The van der Waals surface area contributed by atoms with Crippen LogP contribution in [0.15, 0.2) is 22.9 Å². The monoisotopic (exact) mass is 293 g/mol. The first-order valence-corrected chi connectivity index (χ1v) is 5.61. The van der Waals surface area contributed by atoms with Gasteiger partial charge in [-0.2, -0.15) is 24.7 Å². The summed E-state index contributed by atoms with van der Waals surface area (Å²) in [5.41, 5.74) is 7.00. The molecular formula is C9H8BrN7. The Balaban J connectivity index is 2.35. The fourth-order valence-electron chi connectivity index (χ4n) is 1.57. The average molecular weight is 294 g/mol. The highest BCUT2D eigenvalue weighted by Crippen LogP contribution is 2.21. The topological polar surface area (TPSA) is 86.9 Å². The van der Waals surface area contributed by atoms with Gasteiger partial charge < -0.3 is 5.73 Å². The van der Waals surface area contributed by atoms with E-state index in [1.54, 1.807) is 15.4 Å². The van der Waals surface area contributed by atoms with Crippen LogP contribution in [-0.2, 0) is 7.05 Å². The third-order valence-corrected chi connectivity index (χ3v) is 2.84. The second-order valence-corrected chi connectivity index (χ2v) is 4.36. The smallest absolute Gasteiger partial charge is 0.224 e. The molecule has 0 radical (unpaired) electrons. The lowest BCUT2D eigenvalue weighted by Crippen LogP contribution is -2.05. The third kappa shape index (κ3) is 1.57. The van der Waals surface area contributed by atoms with Crippen LogP contribution in [0.4, 0.5) is 5.95 Å². The Labute approximate surface area is 104 Å². The summed E-state index contributed by atoms with van der Waals surface area (Å²) in [6, 6.07) is 1.84. The van der Waals surface area contributed by atoms with E-state index in [1.165, 1.54) is 0 Å². The van der Waals surface area contributed by atoms with Crippen LogP contribution in [0.1, 0.15) is 0 Å². The highest BCUT2D eigenvalue weighted by Gasteiger charge is 2.13. The maximum atomic E-state index is 5.68. The van der Waals surface area contributed by atoms with Gasteiger partial charge in [-0.1, -0.05) is 0 Å². The van der Waals surface area contributed by atoms with Crippen LogP contribution in [0.2, 0.25) is 0 Å². The van der Waals surface area contributed by atoms with Crippen LogP contribution in [0.3, 0.4) is 0 Å². The quantitative estimate of drug-likeness (QED) is 0.719. The van der Waals surface area contributed by atoms with Gasteiger partial charge in [-0.15, -0.1) is 0 Å². The van der Waals surface area contributed by atoms with E-state index in [-0.39, 0.29) is 5.95 Å². The normalized spacial score (nSPS) is 11.2. The van der Waals surface area contributed by atoms with E-state index < -0.39 is 0 Å². The Morgan fingerprint density at radius 3 is 2.88 bits per heavy atom. The van der Waals surface area contributed by atoms with Crippen LogP contribution >= 0.6 is 15.9 Å². The molecule has 0 fully saturated rings. The molecule has 0 saturated heterocycles. The fourth-order valence-corrected chi connectivity index (χ4v) is 1.92. The minimum atomic E-state index is 0.194. The molecular weight excluding hydrogens is 286 g/mol. The molecule has 3 rings (SSSR count). The van der Waals surface area contributed by atoms with E-state index in [0.717, 1.165) is 4.47 Å². The standard InChI is InChI=1S/C9H8BrN7/c1-16-3-2-6(15-16)8-14-9(11)13-7-5(10)4-12-17(7)8/h2-4H,1H3,(H2,11,13). The molecule has 0 aliphatic heterocycles. The molecule has 17 heavy (non-hydrogen) atoms. The van der Waals surface area contributed by atoms with Crippen molar-refractivity contribution < 1.29 is 0 Å². The number of halogens is 1. The molecule has 0 atom stereocenters. The van der Waals surface area contributed by atoms with Crippen molar-refractivity contribution in [2.75, 3.05) is 5.73 Å². The van der Waals surface area contributed by atoms with Crippen LogP contribution in [0.5, 0.6) is 0 Å². The first kappa shape index (κ1) is 10.2. The number of anilines is 1. The van der Waals surface area contributed by atoms with Gasteiger partial charge >= 0.3 is 0 Å². The minimum absolute atomic E-state index is 0.194. The van der Waals surface area contributed by atoms with Gasteiger partial charge in [-0.25, -0.2) is 0 Å². The predicted octanol–water partition coefficient (Wildman–Crippen LogP) is 0.869. The second kappa shape index (κ2) is 3.52. The molecule has 2 N–H and O–H groups in total. The lowest BCUT2D eigenvalue weighted by molar-refractivity contribution is 0.765. The summed E-state index contributed by atoms with van der Waals surface area (Å²) in [5.74, 6) is 0.762. The summed E-state index contributed by atoms with van der Waals surface area (Å²) in [7, 11) is 1.84. The van der Waals surface area contributed by atoms with E-state index in [0.29, 0.717) is 17.2 Å². The van der Waals surface area contributed by atoms with E-state index in [9.17, 15) is 0 Å². The van der Waals surface area contributed by atoms with Crippen LogP contribution in [-0.4, -0.2) is 29.4 Å². The van der Waals surface area contributed by atoms with Gasteiger partial charge in [-0.05, 0) is 22.0 Å². The van der Waals surface area contributed by atoms with E-state index in [1.807, 2.05) is 19.3 Å². The molecule has 3 aromatic heterocycles. The zero-order valence-corrected chi connectivity index (χ0v) is 10.5. The highest BCUT2D eigenvalue weighted by molar-refractivity contribution is 9.10. The van der Waals surface area contributed by atoms with Crippen LogP contribution in [0, 0.1) is 0 Å². The van der Waals surface area contributed by atoms with Gasteiger partial charge in [0, 0.05) is 13.2 Å². The summed E-state index contributed by atoms with van der Waals surface area (Å²) >= 11 is 3.36. The molecule has 8 heteroatoms. The third-order valence-electron chi connectivity index (χ3n) is 2.29. The first-order chi connectivity index (χ1) is 8.15. The molecule has 3 heterocycles. The van der Waals surface area contributed by atoms with Gasteiger partial charge in [0.2, 0.25) is 5.95 Å². The van der Waals surface area contributed by atoms with E-state index >= 15 is 0 Å². The number of rotatable bonds is 1. The predicted molar refractivity (Wildman–Crippen MR) is 65.1 cm³/mol. The molecule has 0 bridgehead atoms. The molecule has 0 amide bonds. The Morgan fingerprint density at radius 1 is 1.35 bits per heavy atom. The van der Waals surface area contributed by atoms with Gasteiger partial charge in [0.25, 0.3) is 0 Å². The summed E-state index contributed by atoms with van der Waals surface area (Å²) in [6.45, 7) is 0. The summed E-state index contributed by atoms with van der Waals surface area (Å²) in [6.07, 6.45) is 3.48. The number of aryl methyl sites for hydroxylation is 1. The molecule has 0 spiro atoms. The number of nitrogens with two attached hydrogens (primary N) is 1. The molecule has 3 aromatic rings. The van der Waals surface area contributed by atoms with Crippen molar-refractivity contribution in [2.24, 2.45) is 7.05 Å². The van der Waals surface area contributed by atoms with E-state index in [2.05, 4.69) is 36.1 Å². The average Bonchev–Trinajstić information content (AvgIpc) is 2.86. The number of aromatic nitrogens is 6. The molecule has 0 saturated carbocycles. The van der Waals surface area contributed by atoms with E-state index in [4.69, 9.17) is 5.73 Å². The van der Waals surface area contributed by atoms with Crippen molar-refractivity contribution in [1.82, 2.24) is 29.4 Å². The molecule has 7 nitrogen and oxygen atoms in total. The van der Waals surface area contributed by atoms with Crippen molar-refractivity contribution in [3.8, 4) is 11.5 Å². The number of hydrogen-bond acceptors (Lipinski definition) is 5. The molecule has 0 aromatic carbocycles. The van der Waals surface area contributed by atoms with Crippen molar-refractivity contribution in [2.45, 2.75) is 0 Å². The van der Waals surface area contributed by atoms with Gasteiger partial charge in [0.15, 0.2) is 11.5 Å². The molecule has 86 valence electrons. The van der Waals surface area contributed by atoms with Crippen LogP contribution < -0.4 is 5.73 Å². The van der Waals surface area contributed by atoms with Crippen molar-refractivity contribution in [3.05, 3.63) is 22.9 Å². The van der Waals surface area contributed by atoms with Crippen molar-refractivity contribution in [1.29, 1.82) is 0 Å². The number of nitrogen functional groups attached to an aromatic ring is 1. The summed E-state index contributed by atoms with van der Waals surface area (Å²) < 4.78 is 4.06. The lowest BCUT2D eigenvalue weighted by atomic mass is 10.4. The minimum Gasteiger partial charge on any atom is -0.368 e. The van der Waals surface area contributed by atoms with Crippen molar-refractivity contribution >= 4 is 27.5 Å². The Hall–Kier alpha value is -1.96. The Morgan fingerprint density at radius 2 is 2.18 bits per heavy atom. The lowest BCUT2D eigenvalue weighted by Gasteiger charge is -2.01. The van der Waals surface area contributed by atoms with Gasteiger partial charge in [0.05, 0.1) is 10.7 Å². The Kier molecular flexibility index (Phi) is 2.11. The first-order valence-electron chi connectivity index (χ1n) is 4.82. The number of fused-ring (bicyclic) bond motifs is 1. The summed E-state index contributed by atoms with van der Waals surface area (Å²) in [4.78, 5) is 8.28. The maximum Gasteiger partial charge on any atom is 0.224 e. The molecule has 0 aliphatic carbocycles. The zero-order valence-electron chi connectivity index (χ0n) is 8.87. The number of nitrogens with zero attached hydrogens (tertiary/aromatic N) is 6. The van der Waals surface area contributed by atoms with Gasteiger partial charge in [0.1, 0.15) is 5.69 Å². The summed E-state index contributed by atoms with van der Waals surface area (Å²) in [5, 5.41) is 8.46. The van der Waals surface area contributed by atoms with Crippen LogP contribution in [0.25, 0.3) is 17.2 Å². The zero-order chi connectivity index (χ0) is 12.0.